The predicted octanol–water partition coefficient (Wildman–Crippen LogP) is 5.16. The van der Waals surface area contributed by atoms with Crippen molar-refractivity contribution in [3.05, 3.63) is 90.3 Å². The number of hydrogen-bond donors (Lipinski definition) is 2. The van der Waals surface area contributed by atoms with Crippen molar-refractivity contribution in [1.29, 1.82) is 0 Å². The van der Waals surface area contributed by atoms with Gasteiger partial charge in [0.2, 0.25) is 5.91 Å². The summed E-state index contributed by atoms with van der Waals surface area (Å²) in [5, 5.41) is 3.34. The lowest BCUT2D eigenvalue weighted by Gasteiger charge is -2.05. The molecule has 0 fully saturated rings. The lowest BCUT2D eigenvalue weighted by atomic mass is 10.0. The number of pyridine rings is 1. The van der Waals surface area contributed by atoms with Gasteiger partial charge in [-0.15, -0.1) is 0 Å². The third kappa shape index (κ3) is 3.66. The Balaban J connectivity index is 1.52. The highest BCUT2D eigenvalue weighted by molar-refractivity contribution is 6.02. The molecule has 4 nitrogen and oxygen atoms in total. The number of benzene rings is 2. The molecule has 0 saturated carbocycles. The lowest BCUT2D eigenvalue weighted by Crippen LogP contribution is -2.09. The number of aromatic amines is 1. The molecule has 0 radical (unpaired) electrons. The van der Waals surface area contributed by atoms with Crippen LogP contribution in [-0.2, 0) is 4.79 Å². The Kier molecular flexibility index (Phi) is 4.68. The molecule has 6 heteroatoms. The second-order valence-electron chi connectivity index (χ2n) is 6.19. The van der Waals surface area contributed by atoms with E-state index in [2.05, 4.69) is 15.3 Å². The highest BCUT2D eigenvalue weighted by atomic mass is 19.2. The van der Waals surface area contributed by atoms with Crippen LogP contribution in [0.2, 0.25) is 0 Å². The van der Waals surface area contributed by atoms with Crippen molar-refractivity contribution in [2.75, 3.05) is 5.32 Å². The molecule has 2 aromatic carbocycles. The standard InChI is InChI=1S/C22H15F2N3O/c23-18-5-2-6-19(21(18)24)27-20(28)8-7-14-3-1-4-15(11-14)17-12-16-9-10-25-22(16)26-13-17/h1-13H,(H,25,26)(H,27,28). The Morgan fingerprint density at radius 3 is 2.79 bits per heavy atom. The second-order valence-corrected chi connectivity index (χ2v) is 6.19. The third-order valence-corrected chi connectivity index (χ3v) is 4.26. The molecule has 0 aliphatic heterocycles. The number of amides is 1. The maximum atomic E-state index is 13.6. The van der Waals surface area contributed by atoms with E-state index < -0.39 is 17.5 Å². The fourth-order valence-electron chi connectivity index (χ4n) is 2.87. The van der Waals surface area contributed by atoms with E-state index in [0.29, 0.717) is 0 Å². The molecule has 4 aromatic rings. The molecule has 0 spiro atoms. The molecule has 0 aliphatic rings. The van der Waals surface area contributed by atoms with Crippen LogP contribution in [-0.4, -0.2) is 15.9 Å². The summed E-state index contributed by atoms with van der Waals surface area (Å²) in [6.07, 6.45) is 6.50. The van der Waals surface area contributed by atoms with Gasteiger partial charge in [-0.2, -0.15) is 0 Å². The number of halogens is 2. The quantitative estimate of drug-likeness (QED) is 0.484. The van der Waals surface area contributed by atoms with Crippen molar-refractivity contribution in [2.24, 2.45) is 0 Å². The second kappa shape index (κ2) is 7.44. The smallest absolute Gasteiger partial charge is 0.248 e. The van der Waals surface area contributed by atoms with Gasteiger partial charge in [0.15, 0.2) is 11.6 Å². The minimum absolute atomic E-state index is 0.200. The Labute approximate surface area is 159 Å². The largest absolute Gasteiger partial charge is 0.346 e. The van der Waals surface area contributed by atoms with Gasteiger partial charge in [0, 0.05) is 29.4 Å². The van der Waals surface area contributed by atoms with Gasteiger partial charge in [-0.25, -0.2) is 13.8 Å². The molecule has 0 atom stereocenters. The summed E-state index contributed by atoms with van der Waals surface area (Å²) in [4.78, 5) is 19.5. The Hall–Kier alpha value is -3.80. The molecular formula is C22H15F2N3O. The minimum atomic E-state index is -1.08. The Morgan fingerprint density at radius 2 is 1.89 bits per heavy atom. The van der Waals surface area contributed by atoms with E-state index in [0.717, 1.165) is 33.8 Å². The summed E-state index contributed by atoms with van der Waals surface area (Å²) in [7, 11) is 0. The first-order chi connectivity index (χ1) is 13.6. The molecule has 2 aromatic heterocycles. The van der Waals surface area contributed by atoms with Crippen LogP contribution in [0.3, 0.4) is 0 Å². The van der Waals surface area contributed by atoms with Crippen molar-refractivity contribution >= 4 is 28.7 Å². The molecule has 138 valence electrons. The summed E-state index contributed by atoms with van der Waals surface area (Å²) < 4.78 is 26.8. The maximum absolute atomic E-state index is 13.6. The van der Waals surface area contributed by atoms with Gasteiger partial charge in [-0.3, -0.25) is 4.79 Å². The number of rotatable bonds is 4. The van der Waals surface area contributed by atoms with Crippen LogP contribution >= 0.6 is 0 Å². The summed E-state index contributed by atoms with van der Waals surface area (Å²) in [6.45, 7) is 0. The third-order valence-electron chi connectivity index (χ3n) is 4.26. The number of aromatic nitrogens is 2. The van der Waals surface area contributed by atoms with E-state index in [1.54, 1.807) is 12.3 Å². The van der Waals surface area contributed by atoms with Crippen LogP contribution < -0.4 is 5.32 Å². The topological polar surface area (TPSA) is 57.8 Å². The first-order valence-electron chi connectivity index (χ1n) is 8.57. The van der Waals surface area contributed by atoms with Gasteiger partial charge in [0.05, 0.1) is 5.69 Å². The average Bonchev–Trinajstić information content (AvgIpc) is 3.18. The van der Waals surface area contributed by atoms with Crippen LogP contribution in [0.15, 0.2) is 73.1 Å². The molecule has 1 amide bonds. The van der Waals surface area contributed by atoms with E-state index in [9.17, 15) is 13.6 Å². The average molecular weight is 375 g/mol. The number of nitrogens with zero attached hydrogens (tertiary/aromatic N) is 1. The lowest BCUT2D eigenvalue weighted by molar-refractivity contribution is -0.111. The van der Waals surface area contributed by atoms with Crippen LogP contribution in [0, 0.1) is 11.6 Å². The highest BCUT2D eigenvalue weighted by Crippen LogP contribution is 2.23. The number of hydrogen-bond acceptors (Lipinski definition) is 2. The number of fused-ring (bicyclic) bond motifs is 1. The number of H-pyrrole nitrogens is 1. The molecule has 2 heterocycles. The fourth-order valence-corrected chi connectivity index (χ4v) is 2.87. The Morgan fingerprint density at radius 1 is 1.04 bits per heavy atom. The molecule has 4 rings (SSSR count). The number of anilines is 1. The zero-order valence-corrected chi connectivity index (χ0v) is 14.6. The summed E-state index contributed by atoms with van der Waals surface area (Å²) >= 11 is 0. The van der Waals surface area contributed by atoms with Crippen molar-refractivity contribution in [1.82, 2.24) is 9.97 Å². The van der Waals surface area contributed by atoms with E-state index in [-0.39, 0.29) is 5.69 Å². The fraction of sp³-hybridized carbons (Fsp3) is 0. The van der Waals surface area contributed by atoms with E-state index in [1.807, 2.05) is 42.6 Å². The van der Waals surface area contributed by atoms with Crippen molar-refractivity contribution in [3.63, 3.8) is 0 Å². The zero-order chi connectivity index (χ0) is 19.5. The van der Waals surface area contributed by atoms with Gasteiger partial charge in [-0.05, 0) is 47.5 Å². The van der Waals surface area contributed by atoms with Crippen LogP contribution in [0.5, 0.6) is 0 Å². The van der Waals surface area contributed by atoms with Crippen molar-refractivity contribution in [2.45, 2.75) is 0 Å². The molecular weight excluding hydrogens is 360 g/mol. The SMILES string of the molecule is O=C(C=Cc1cccc(-c2cnc3[nH]ccc3c2)c1)Nc1cccc(F)c1F. The van der Waals surface area contributed by atoms with E-state index >= 15 is 0 Å². The predicted molar refractivity (Wildman–Crippen MR) is 106 cm³/mol. The first-order valence-corrected chi connectivity index (χ1v) is 8.57. The first kappa shape index (κ1) is 17.6. The van der Waals surface area contributed by atoms with Crippen LogP contribution in [0.25, 0.3) is 28.2 Å². The molecule has 0 unspecified atom stereocenters. The van der Waals surface area contributed by atoms with Crippen LogP contribution in [0.4, 0.5) is 14.5 Å². The van der Waals surface area contributed by atoms with E-state index in [1.165, 1.54) is 18.2 Å². The summed E-state index contributed by atoms with van der Waals surface area (Å²) in [5.74, 6) is -2.65. The zero-order valence-electron chi connectivity index (χ0n) is 14.6. The normalized spacial score (nSPS) is 11.2. The number of carbonyl (C=O) groups excluding carboxylic acids is 1. The van der Waals surface area contributed by atoms with Crippen LogP contribution in [0.1, 0.15) is 5.56 Å². The van der Waals surface area contributed by atoms with Gasteiger partial charge < -0.3 is 10.3 Å². The molecule has 0 aliphatic carbocycles. The minimum Gasteiger partial charge on any atom is -0.346 e. The monoisotopic (exact) mass is 375 g/mol. The summed E-state index contributed by atoms with van der Waals surface area (Å²) in [6, 6.07) is 15.2. The van der Waals surface area contributed by atoms with Crippen molar-refractivity contribution in [3.8, 4) is 11.1 Å². The molecule has 28 heavy (non-hydrogen) atoms. The van der Waals surface area contributed by atoms with Gasteiger partial charge in [-0.1, -0.05) is 24.3 Å². The Bertz CT molecular complexity index is 1200. The molecule has 2 N–H and O–H groups in total. The number of nitrogens with one attached hydrogen (secondary N) is 2. The highest BCUT2D eigenvalue weighted by Gasteiger charge is 2.09. The summed E-state index contributed by atoms with van der Waals surface area (Å²) in [5.41, 5.74) is 3.32. The maximum Gasteiger partial charge on any atom is 0.248 e. The van der Waals surface area contributed by atoms with Gasteiger partial charge in [0.25, 0.3) is 0 Å². The van der Waals surface area contributed by atoms with Gasteiger partial charge in [0.1, 0.15) is 5.65 Å². The van der Waals surface area contributed by atoms with E-state index in [4.69, 9.17) is 0 Å². The molecule has 0 saturated heterocycles. The van der Waals surface area contributed by atoms with Gasteiger partial charge >= 0.3 is 0 Å². The molecule has 0 bridgehead atoms. The van der Waals surface area contributed by atoms with Crippen molar-refractivity contribution < 1.29 is 13.6 Å². The number of carbonyl (C=O) groups is 1.